The van der Waals surface area contributed by atoms with Crippen LogP contribution in [0.1, 0.15) is 11.3 Å². The van der Waals surface area contributed by atoms with Gasteiger partial charge >= 0.3 is 0 Å². The molecule has 0 spiro atoms. The summed E-state index contributed by atoms with van der Waals surface area (Å²) in [6.07, 6.45) is 1.60. The fourth-order valence-electron chi connectivity index (χ4n) is 2.41. The maximum absolute atomic E-state index is 12.4. The molecular weight excluding hydrogens is 294 g/mol. The molecule has 2 rings (SSSR count). The van der Waals surface area contributed by atoms with E-state index in [0.29, 0.717) is 18.8 Å². The van der Waals surface area contributed by atoms with Gasteiger partial charge in [0.1, 0.15) is 12.4 Å². The van der Waals surface area contributed by atoms with Crippen LogP contribution in [-0.4, -0.2) is 38.6 Å². The van der Waals surface area contributed by atoms with Crippen molar-refractivity contribution in [1.29, 1.82) is 0 Å². The zero-order valence-corrected chi connectivity index (χ0v) is 13.8. The van der Waals surface area contributed by atoms with Crippen LogP contribution in [0, 0.1) is 0 Å². The van der Waals surface area contributed by atoms with Crippen molar-refractivity contribution in [2.75, 3.05) is 38.4 Å². The van der Waals surface area contributed by atoms with Crippen molar-refractivity contribution in [1.82, 2.24) is 4.90 Å². The molecule has 0 bridgehead atoms. The number of anilines is 2. The van der Waals surface area contributed by atoms with Crippen LogP contribution in [-0.2, 0) is 22.6 Å². The smallest absolute Gasteiger partial charge is 0.249 e. The zero-order valence-electron chi connectivity index (χ0n) is 13.8. The number of nitrogen functional groups attached to an aromatic ring is 1. The van der Waals surface area contributed by atoms with E-state index in [2.05, 4.69) is 0 Å². The minimum atomic E-state index is -0.101. The predicted molar refractivity (Wildman–Crippen MR) is 90.0 cm³/mol. The Kier molecular flexibility index (Phi) is 5.65. The molecule has 0 aliphatic rings. The molecular formula is C17H23N3O3. The number of amides is 1. The lowest BCUT2D eigenvalue weighted by atomic mass is 10.1. The third kappa shape index (κ3) is 4.50. The van der Waals surface area contributed by atoms with Crippen LogP contribution in [0.2, 0.25) is 0 Å². The van der Waals surface area contributed by atoms with Gasteiger partial charge in [-0.25, -0.2) is 0 Å². The van der Waals surface area contributed by atoms with Gasteiger partial charge in [0, 0.05) is 39.1 Å². The highest BCUT2D eigenvalue weighted by Gasteiger charge is 2.18. The van der Waals surface area contributed by atoms with Crippen LogP contribution in [0.5, 0.6) is 0 Å². The third-order valence-corrected chi connectivity index (χ3v) is 3.49. The molecule has 1 heterocycles. The number of benzene rings is 1. The summed E-state index contributed by atoms with van der Waals surface area (Å²) in [5.74, 6) is 0.626. The number of rotatable bonds is 7. The van der Waals surface area contributed by atoms with Crippen molar-refractivity contribution in [3.8, 4) is 0 Å². The highest BCUT2D eigenvalue weighted by atomic mass is 16.5. The first-order chi connectivity index (χ1) is 11.0. The lowest BCUT2D eigenvalue weighted by molar-refractivity contribution is -0.136. The van der Waals surface area contributed by atoms with E-state index in [1.54, 1.807) is 17.2 Å². The Morgan fingerprint density at radius 3 is 2.65 bits per heavy atom. The lowest BCUT2D eigenvalue weighted by Gasteiger charge is -2.25. The Bertz CT molecular complexity index is 639. The van der Waals surface area contributed by atoms with Crippen LogP contribution in [0.15, 0.2) is 41.0 Å². The Balaban J connectivity index is 2.26. The number of hydrogen-bond donors (Lipinski definition) is 1. The van der Waals surface area contributed by atoms with Crippen molar-refractivity contribution < 1.29 is 13.9 Å². The normalized spacial score (nSPS) is 10.6. The molecule has 0 atom stereocenters. The molecule has 0 radical (unpaired) electrons. The number of carbonyl (C=O) groups excluding carboxylic acids is 1. The highest BCUT2D eigenvalue weighted by Crippen LogP contribution is 2.24. The molecule has 1 aromatic carbocycles. The summed E-state index contributed by atoms with van der Waals surface area (Å²) in [7, 11) is 5.43. The van der Waals surface area contributed by atoms with Gasteiger partial charge in [0.2, 0.25) is 5.91 Å². The summed E-state index contributed by atoms with van der Waals surface area (Å²) in [5.41, 5.74) is 8.58. The fraction of sp³-hybridized carbons (Fsp3) is 0.353. The van der Waals surface area contributed by atoms with Gasteiger partial charge in [-0.3, -0.25) is 4.79 Å². The van der Waals surface area contributed by atoms with Gasteiger partial charge in [-0.15, -0.1) is 0 Å². The molecule has 23 heavy (non-hydrogen) atoms. The fourth-order valence-corrected chi connectivity index (χ4v) is 2.41. The number of nitrogens with two attached hydrogens (primary N) is 1. The van der Waals surface area contributed by atoms with E-state index in [9.17, 15) is 4.79 Å². The molecule has 1 aromatic heterocycles. The number of nitrogens with zero attached hydrogens (tertiary/aromatic N) is 2. The minimum absolute atomic E-state index is 0.0281. The van der Waals surface area contributed by atoms with Gasteiger partial charge in [0.25, 0.3) is 0 Å². The molecule has 0 saturated heterocycles. The van der Waals surface area contributed by atoms with Crippen molar-refractivity contribution >= 4 is 17.3 Å². The summed E-state index contributed by atoms with van der Waals surface area (Å²) < 4.78 is 10.3. The van der Waals surface area contributed by atoms with Gasteiger partial charge in [-0.2, -0.15) is 0 Å². The Labute approximate surface area is 136 Å². The number of carbonyl (C=O) groups is 1. The summed E-state index contributed by atoms with van der Waals surface area (Å²) in [5, 5.41) is 0. The van der Waals surface area contributed by atoms with Gasteiger partial charge in [-0.1, -0.05) is 0 Å². The van der Waals surface area contributed by atoms with Crippen molar-refractivity contribution in [2.45, 2.75) is 13.1 Å². The van der Waals surface area contributed by atoms with Crippen LogP contribution >= 0.6 is 0 Å². The minimum Gasteiger partial charge on any atom is -0.467 e. The van der Waals surface area contributed by atoms with Crippen molar-refractivity contribution in [3.63, 3.8) is 0 Å². The molecule has 2 N–H and O–H groups in total. The molecule has 0 aliphatic carbocycles. The Morgan fingerprint density at radius 2 is 2.04 bits per heavy atom. The van der Waals surface area contributed by atoms with E-state index in [0.717, 1.165) is 17.0 Å². The molecule has 2 aromatic rings. The number of methoxy groups -OCH3 is 1. The van der Waals surface area contributed by atoms with Crippen LogP contribution in [0.4, 0.5) is 11.4 Å². The highest BCUT2D eigenvalue weighted by molar-refractivity contribution is 5.77. The monoisotopic (exact) mass is 317 g/mol. The molecule has 0 saturated carbocycles. The van der Waals surface area contributed by atoms with Crippen molar-refractivity contribution in [2.24, 2.45) is 0 Å². The second kappa shape index (κ2) is 7.69. The van der Waals surface area contributed by atoms with E-state index in [1.165, 1.54) is 7.11 Å². The van der Waals surface area contributed by atoms with Crippen molar-refractivity contribution in [3.05, 3.63) is 47.9 Å². The largest absolute Gasteiger partial charge is 0.467 e. The predicted octanol–water partition coefficient (Wildman–Crippen LogP) is 2.10. The quantitative estimate of drug-likeness (QED) is 0.792. The van der Waals surface area contributed by atoms with Gasteiger partial charge < -0.3 is 24.7 Å². The molecule has 1 amide bonds. The second-order valence-corrected chi connectivity index (χ2v) is 5.54. The van der Waals surface area contributed by atoms with Gasteiger partial charge in [0.05, 0.1) is 12.8 Å². The van der Waals surface area contributed by atoms with E-state index in [4.69, 9.17) is 14.9 Å². The van der Waals surface area contributed by atoms with Gasteiger partial charge in [0.15, 0.2) is 0 Å². The lowest BCUT2D eigenvalue weighted by Crippen LogP contribution is -2.33. The molecule has 124 valence electrons. The molecule has 0 fully saturated rings. The van der Waals surface area contributed by atoms with E-state index in [-0.39, 0.29) is 12.5 Å². The average molecular weight is 317 g/mol. The van der Waals surface area contributed by atoms with Crippen LogP contribution in [0.25, 0.3) is 0 Å². The summed E-state index contributed by atoms with van der Waals surface area (Å²) in [4.78, 5) is 16.1. The molecule has 0 unspecified atom stereocenters. The van der Waals surface area contributed by atoms with Crippen LogP contribution in [0.3, 0.4) is 0 Å². The number of ether oxygens (including phenoxy) is 1. The first kappa shape index (κ1) is 16.9. The van der Waals surface area contributed by atoms with E-state index >= 15 is 0 Å². The Hall–Kier alpha value is -2.47. The maximum Gasteiger partial charge on any atom is 0.249 e. The maximum atomic E-state index is 12.4. The summed E-state index contributed by atoms with van der Waals surface area (Å²) in [6, 6.07) is 9.35. The second-order valence-electron chi connectivity index (χ2n) is 5.54. The first-order valence-electron chi connectivity index (χ1n) is 7.36. The standard InChI is InChI=1S/C17H23N3O3/c1-19(2)16-7-6-14(18)9-13(16)10-20(17(21)12-22-3)11-15-5-4-8-23-15/h4-9H,10-12,18H2,1-3H3. The third-order valence-electron chi connectivity index (χ3n) is 3.49. The molecule has 6 heteroatoms. The molecule has 6 nitrogen and oxygen atoms in total. The SMILES string of the molecule is COCC(=O)N(Cc1ccco1)Cc1cc(N)ccc1N(C)C. The van der Waals surface area contributed by atoms with Crippen LogP contribution < -0.4 is 10.6 Å². The van der Waals surface area contributed by atoms with E-state index < -0.39 is 0 Å². The van der Waals surface area contributed by atoms with E-state index in [1.807, 2.05) is 43.3 Å². The topological polar surface area (TPSA) is 71.9 Å². The average Bonchev–Trinajstić information content (AvgIpc) is 2.99. The number of hydrogen-bond acceptors (Lipinski definition) is 5. The Morgan fingerprint density at radius 1 is 1.26 bits per heavy atom. The zero-order chi connectivity index (χ0) is 16.8. The number of furan rings is 1. The summed E-state index contributed by atoms with van der Waals surface area (Å²) >= 11 is 0. The van der Waals surface area contributed by atoms with Gasteiger partial charge in [-0.05, 0) is 35.9 Å². The summed E-state index contributed by atoms with van der Waals surface area (Å²) in [6.45, 7) is 0.846. The molecule has 0 aliphatic heterocycles. The first-order valence-corrected chi connectivity index (χ1v) is 7.36.